The van der Waals surface area contributed by atoms with Crippen molar-refractivity contribution in [1.29, 1.82) is 0 Å². The summed E-state index contributed by atoms with van der Waals surface area (Å²) in [6, 6.07) is 9.94. The molecule has 0 atom stereocenters. The van der Waals surface area contributed by atoms with E-state index in [0.717, 1.165) is 28.9 Å². The summed E-state index contributed by atoms with van der Waals surface area (Å²) < 4.78 is 5.14. The van der Waals surface area contributed by atoms with Gasteiger partial charge in [-0.15, -0.1) is 0 Å². The SMILES string of the molecule is COc1ccc(Nc2cc(NC(C)C)nc(C)n2)cc1. The van der Waals surface area contributed by atoms with Crippen molar-refractivity contribution >= 4 is 17.3 Å². The van der Waals surface area contributed by atoms with Crippen molar-refractivity contribution in [1.82, 2.24) is 9.97 Å². The number of aryl methyl sites for hydroxylation is 1. The van der Waals surface area contributed by atoms with Crippen LogP contribution >= 0.6 is 0 Å². The fourth-order valence-electron chi connectivity index (χ4n) is 1.82. The number of anilines is 3. The maximum absolute atomic E-state index is 5.14. The van der Waals surface area contributed by atoms with Crippen LogP contribution in [0.4, 0.5) is 17.3 Å². The third kappa shape index (κ3) is 3.85. The van der Waals surface area contributed by atoms with E-state index in [0.29, 0.717) is 6.04 Å². The van der Waals surface area contributed by atoms with Crippen molar-refractivity contribution in [3.05, 3.63) is 36.2 Å². The number of ether oxygens (including phenoxy) is 1. The third-order valence-electron chi connectivity index (χ3n) is 2.64. The standard InChI is InChI=1S/C15H20N4O/c1-10(2)16-14-9-15(18-11(3)17-14)19-12-5-7-13(20-4)8-6-12/h5-10H,1-4H3,(H2,16,17,18,19). The zero-order chi connectivity index (χ0) is 14.5. The first-order valence-electron chi connectivity index (χ1n) is 6.60. The number of methoxy groups -OCH3 is 1. The van der Waals surface area contributed by atoms with Crippen molar-refractivity contribution in [2.45, 2.75) is 26.8 Å². The van der Waals surface area contributed by atoms with Gasteiger partial charge in [0.05, 0.1) is 7.11 Å². The summed E-state index contributed by atoms with van der Waals surface area (Å²) in [4.78, 5) is 8.75. The quantitative estimate of drug-likeness (QED) is 0.874. The van der Waals surface area contributed by atoms with Crippen molar-refractivity contribution < 1.29 is 4.74 Å². The molecule has 0 amide bonds. The highest BCUT2D eigenvalue weighted by molar-refractivity contribution is 5.60. The molecule has 5 heteroatoms. The van der Waals surface area contributed by atoms with Crippen LogP contribution in [0.2, 0.25) is 0 Å². The largest absolute Gasteiger partial charge is 0.497 e. The summed E-state index contributed by atoms with van der Waals surface area (Å²) in [5.74, 6) is 3.15. The lowest BCUT2D eigenvalue weighted by atomic mass is 10.3. The van der Waals surface area contributed by atoms with Crippen LogP contribution in [0.3, 0.4) is 0 Å². The van der Waals surface area contributed by atoms with Gasteiger partial charge in [-0.1, -0.05) is 0 Å². The van der Waals surface area contributed by atoms with Gasteiger partial charge in [-0.3, -0.25) is 0 Å². The monoisotopic (exact) mass is 272 g/mol. The second-order valence-corrected chi connectivity index (χ2v) is 4.84. The van der Waals surface area contributed by atoms with E-state index >= 15 is 0 Å². The summed E-state index contributed by atoms with van der Waals surface area (Å²) in [7, 11) is 1.65. The molecule has 2 N–H and O–H groups in total. The Balaban J connectivity index is 2.17. The Morgan fingerprint density at radius 3 is 2.30 bits per heavy atom. The van der Waals surface area contributed by atoms with E-state index in [9.17, 15) is 0 Å². The highest BCUT2D eigenvalue weighted by Gasteiger charge is 2.04. The van der Waals surface area contributed by atoms with Crippen LogP contribution in [-0.2, 0) is 0 Å². The first-order valence-corrected chi connectivity index (χ1v) is 6.60. The van der Waals surface area contributed by atoms with Gasteiger partial charge in [0.25, 0.3) is 0 Å². The van der Waals surface area contributed by atoms with Crippen molar-refractivity contribution in [2.24, 2.45) is 0 Å². The van der Waals surface area contributed by atoms with Crippen LogP contribution in [0.15, 0.2) is 30.3 Å². The van der Waals surface area contributed by atoms with E-state index in [1.54, 1.807) is 7.11 Å². The molecule has 0 bridgehead atoms. The Hall–Kier alpha value is -2.30. The molecule has 2 rings (SSSR count). The molecule has 0 aliphatic carbocycles. The lowest BCUT2D eigenvalue weighted by Gasteiger charge is -2.12. The molecule has 106 valence electrons. The Bertz CT molecular complexity index is 567. The van der Waals surface area contributed by atoms with Gasteiger partial charge >= 0.3 is 0 Å². The Morgan fingerprint density at radius 1 is 1.05 bits per heavy atom. The highest BCUT2D eigenvalue weighted by atomic mass is 16.5. The zero-order valence-electron chi connectivity index (χ0n) is 12.3. The average molecular weight is 272 g/mol. The number of nitrogens with zero attached hydrogens (tertiary/aromatic N) is 2. The molecule has 0 fully saturated rings. The molecular formula is C15H20N4O. The van der Waals surface area contributed by atoms with Gasteiger partial charge < -0.3 is 15.4 Å². The fourth-order valence-corrected chi connectivity index (χ4v) is 1.82. The van der Waals surface area contributed by atoms with Crippen LogP contribution in [0.25, 0.3) is 0 Å². The van der Waals surface area contributed by atoms with E-state index in [2.05, 4.69) is 34.4 Å². The van der Waals surface area contributed by atoms with Crippen LogP contribution in [0.5, 0.6) is 5.75 Å². The van der Waals surface area contributed by atoms with Crippen molar-refractivity contribution in [3.8, 4) is 5.75 Å². The zero-order valence-corrected chi connectivity index (χ0v) is 12.3. The molecule has 0 spiro atoms. The average Bonchev–Trinajstić information content (AvgIpc) is 2.38. The Morgan fingerprint density at radius 2 is 1.70 bits per heavy atom. The van der Waals surface area contributed by atoms with E-state index in [-0.39, 0.29) is 0 Å². The van der Waals surface area contributed by atoms with Gasteiger partial charge in [-0.05, 0) is 45.0 Å². The summed E-state index contributed by atoms with van der Waals surface area (Å²) in [5, 5.41) is 6.54. The van der Waals surface area contributed by atoms with Gasteiger partial charge in [0.2, 0.25) is 0 Å². The normalized spacial score (nSPS) is 10.4. The van der Waals surface area contributed by atoms with Crippen molar-refractivity contribution in [3.63, 3.8) is 0 Å². The lowest BCUT2D eigenvalue weighted by molar-refractivity contribution is 0.415. The number of rotatable bonds is 5. The minimum absolute atomic E-state index is 0.332. The lowest BCUT2D eigenvalue weighted by Crippen LogP contribution is -2.12. The van der Waals surface area contributed by atoms with Crippen LogP contribution < -0.4 is 15.4 Å². The second-order valence-electron chi connectivity index (χ2n) is 4.84. The summed E-state index contributed by atoms with van der Waals surface area (Å²) in [6.07, 6.45) is 0. The topological polar surface area (TPSA) is 59.1 Å². The molecule has 0 saturated heterocycles. The minimum Gasteiger partial charge on any atom is -0.497 e. The van der Waals surface area contributed by atoms with E-state index < -0.39 is 0 Å². The van der Waals surface area contributed by atoms with Crippen LogP contribution in [0, 0.1) is 6.92 Å². The van der Waals surface area contributed by atoms with Crippen LogP contribution in [-0.4, -0.2) is 23.1 Å². The molecule has 0 unspecified atom stereocenters. The second kappa shape index (κ2) is 6.23. The molecular weight excluding hydrogens is 252 g/mol. The molecule has 0 saturated carbocycles. The highest BCUT2D eigenvalue weighted by Crippen LogP contribution is 2.20. The molecule has 5 nitrogen and oxygen atoms in total. The van der Waals surface area contributed by atoms with Crippen molar-refractivity contribution in [2.75, 3.05) is 17.7 Å². The molecule has 0 radical (unpaired) electrons. The number of nitrogens with one attached hydrogen (secondary N) is 2. The summed E-state index contributed by atoms with van der Waals surface area (Å²) >= 11 is 0. The van der Waals surface area contributed by atoms with Gasteiger partial charge in [0.15, 0.2) is 0 Å². The summed E-state index contributed by atoms with van der Waals surface area (Å²) in [5.41, 5.74) is 0.958. The molecule has 1 aromatic heterocycles. The smallest absolute Gasteiger partial charge is 0.136 e. The number of benzene rings is 1. The van der Waals surface area contributed by atoms with Crippen LogP contribution in [0.1, 0.15) is 19.7 Å². The predicted octanol–water partition coefficient (Wildman–Crippen LogP) is 3.36. The Kier molecular flexibility index (Phi) is 4.40. The minimum atomic E-state index is 0.332. The predicted molar refractivity (Wildman–Crippen MR) is 81.8 cm³/mol. The molecule has 1 heterocycles. The summed E-state index contributed by atoms with van der Waals surface area (Å²) in [6.45, 7) is 6.03. The molecule has 0 aliphatic rings. The fraction of sp³-hybridized carbons (Fsp3) is 0.333. The molecule has 1 aromatic carbocycles. The van der Waals surface area contributed by atoms with E-state index in [4.69, 9.17) is 4.74 Å². The Labute approximate surface area is 119 Å². The first-order chi connectivity index (χ1) is 9.56. The maximum Gasteiger partial charge on any atom is 0.136 e. The first kappa shape index (κ1) is 14.1. The van der Waals surface area contributed by atoms with E-state index in [1.165, 1.54) is 0 Å². The number of hydrogen-bond donors (Lipinski definition) is 2. The molecule has 20 heavy (non-hydrogen) atoms. The van der Waals surface area contributed by atoms with Gasteiger partial charge in [-0.25, -0.2) is 9.97 Å². The number of aromatic nitrogens is 2. The maximum atomic E-state index is 5.14. The van der Waals surface area contributed by atoms with Gasteiger partial charge in [-0.2, -0.15) is 0 Å². The van der Waals surface area contributed by atoms with Gasteiger partial charge in [0, 0.05) is 17.8 Å². The molecule has 0 aliphatic heterocycles. The number of hydrogen-bond acceptors (Lipinski definition) is 5. The van der Waals surface area contributed by atoms with E-state index in [1.807, 2.05) is 37.3 Å². The molecule has 2 aromatic rings. The third-order valence-corrected chi connectivity index (χ3v) is 2.64. The van der Waals surface area contributed by atoms with Gasteiger partial charge in [0.1, 0.15) is 23.2 Å².